The number of benzene rings is 2. The number of thiocarbonyl (C=S) groups is 1. The molecule has 0 aliphatic heterocycles. The molecule has 0 amide bonds. The average molecular weight is 386 g/mol. The van der Waals surface area contributed by atoms with Crippen molar-refractivity contribution in [3.8, 4) is 0 Å². The summed E-state index contributed by atoms with van der Waals surface area (Å²) in [4.78, 5) is 0.0546. The van der Waals surface area contributed by atoms with Gasteiger partial charge in [0.05, 0.1) is 4.90 Å². The number of nitrogens with two attached hydrogens (primary N) is 1. The van der Waals surface area contributed by atoms with E-state index >= 15 is 0 Å². The number of halogens is 1. The summed E-state index contributed by atoms with van der Waals surface area (Å²) >= 11 is 8.56. The van der Waals surface area contributed by atoms with E-state index in [-0.39, 0.29) is 4.90 Å². The van der Waals surface area contributed by atoms with Gasteiger partial charge in [-0.2, -0.15) is 0 Å². The molecule has 0 aliphatic carbocycles. The summed E-state index contributed by atoms with van der Waals surface area (Å²) in [6.45, 7) is 0. The van der Waals surface area contributed by atoms with Crippen LogP contribution >= 0.6 is 28.1 Å². The van der Waals surface area contributed by atoms with Gasteiger partial charge in [-0.05, 0) is 54.7 Å². The Morgan fingerprint density at radius 3 is 2.24 bits per heavy atom. The van der Waals surface area contributed by atoms with Crippen LogP contribution < -0.4 is 15.8 Å². The van der Waals surface area contributed by atoms with Gasteiger partial charge >= 0.3 is 0 Å². The highest BCUT2D eigenvalue weighted by Gasteiger charge is 2.07. The van der Waals surface area contributed by atoms with Crippen molar-refractivity contribution in [2.75, 3.05) is 10.6 Å². The minimum Gasteiger partial charge on any atom is -0.332 e. The van der Waals surface area contributed by atoms with Gasteiger partial charge in [-0.1, -0.05) is 22.0 Å². The SMILES string of the molecule is NS(=O)(=O)c1ccc(NC(=S)Nc2cccc(Br)c2)cc1. The topological polar surface area (TPSA) is 84.2 Å². The molecule has 110 valence electrons. The van der Waals surface area contributed by atoms with Gasteiger partial charge in [0.2, 0.25) is 10.0 Å². The fourth-order valence-corrected chi connectivity index (χ4v) is 2.74. The van der Waals surface area contributed by atoms with Crippen molar-refractivity contribution >= 4 is 54.7 Å². The molecule has 0 atom stereocenters. The van der Waals surface area contributed by atoms with Crippen molar-refractivity contribution in [1.29, 1.82) is 0 Å². The highest BCUT2D eigenvalue weighted by molar-refractivity contribution is 9.10. The third-order valence-corrected chi connectivity index (χ3v) is 4.15. The Kier molecular flexibility index (Phi) is 4.94. The van der Waals surface area contributed by atoms with Crippen LogP contribution in [0.4, 0.5) is 11.4 Å². The van der Waals surface area contributed by atoms with E-state index in [0.29, 0.717) is 10.8 Å². The van der Waals surface area contributed by atoms with Crippen LogP contribution in [0.2, 0.25) is 0 Å². The molecule has 0 heterocycles. The van der Waals surface area contributed by atoms with Crippen molar-refractivity contribution < 1.29 is 8.42 Å². The first-order valence-electron chi connectivity index (χ1n) is 5.81. The monoisotopic (exact) mass is 385 g/mol. The lowest BCUT2D eigenvalue weighted by molar-refractivity contribution is 0.598. The molecule has 21 heavy (non-hydrogen) atoms. The molecule has 0 aliphatic rings. The summed E-state index contributed by atoms with van der Waals surface area (Å²) < 4.78 is 23.2. The van der Waals surface area contributed by atoms with E-state index in [2.05, 4.69) is 26.6 Å². The van der Waals surface area contributed by atoms with Crippen LogP contribution in [0.5, 0.6) is 0 Å². The van der Waals surface area contributed by atoms with Crippen molar-refractivity contribution in [2.45, 2.75) is 4.90 Å². The Morgan fingerprint density at radius 2 is 1.67 bits per heavy atom. The Hall–Kier alpha value is -1.48. The second kappa shape index (κ2) is 6.52. The smallest absolute Gasteiger partial charge is 0.238 e. The molecule has 0 radical (unpaired) electrons. The van der Waals surface area contributed by atoms with Crippen molar-refractivity contribution in [2.24, 2.45) is 5.14 Å². The minimum absolute atomic E-state index is 0.0546. The fourth-order valence-electron chi connectivity index (χ4n) is 1.59. The number of primary sulfonamides is 1. The number of anilines is 2. The van der Waals surface area contributed by atoms with Gasteiger partial charge in [0.15, 0.2) is 5.11 Å². The van der Waals surface area contributed by atoms with E-state index in [1.165, 1.54) is 12.1 Å². The third-order valence-electron chi connectivity index (χ3n) is 2.52. The molecular formula is C13H12BrN3O2S2. The fraction of sp³-hybridized carbons (Fsp3) is 0. The minimum atomic E-state index is -3.68. The number of sulfonamides is 1. The quantitative estimate of drug-likeness (QED) is 0.707. The molecule has 0 saturated heterocycles. The van der Waals surface area contributed by atoms with E-state index in [4.69, 9.17) is 17.4 Å². The summed E-state index contributed by atoms with van der Waals surface area (Å²) in [6, 6.07) is 13.6. The molecule has 0 bridgehead atoms. The van der Waals surface area contributed by atoms with Gasteiger partial charge in [0.25, 0.3) is 0 Å². The van der Waals surface area contributed by atoms with Crippen LogP contribution in [0.3, 0.4) is 0 Å². The van der Waals surface area contributed by atoms with E-state index < -0.39 is 10.0 Å². The van der Waals surface area contributed by atoms with Gasteiger partial charge in [-0.3, -0.25) is 0 Å². The van der Waals surface area contributed by atoms with Gasteiger partial charge in [0, 0.05) is 15.8 Å². The van der Waals surface area contributed by atoms with Crippen LogP contribution in [0, 0.1) is 0 Å². The molecule has 4 N–H and O–H groups in total. The van der Waals surface area contributed by atoms with Gasteiger partial charge in [-0.15, -0.1) is 0 Å². The summed E-state index contributed by atoms with van der Waals surface area (Å²) in [5.74, 6) is 0. The van der Waals surface area contributed by atoms with Crippen LogP contribution in [-0.4, -0.2) is 13.5 Å². The summed E-state index contributed by atoms with van der Waals surface area (Å²) in [6.07, 6.45) is 0. The normalized spacial score (nSPS) is 11.0. The lowest BCUT2D eigenvalue weighted by Gasteiger charge is -2.11. The molecule has 2 rings (SSSR count). The lowest BCUT2D eigenvalue weighted by atomic mass is 10.3. The maximum absolute atomic E-state index is 11.2. The summed E-state index contributed by atoms with van der Waals surface area (Å²) in [5, 5.41) is 11.4. The molecule has 2 aromatic rings. The van der Waals surface area contributed by atoms with Crippen molar-refractivity contribution in [3.63, 3.8) is 0 Å². The maximum atomic E-state index is 11.2. The Balaban J connectivity index is 2.03. The number of rotatable bonds is 3. The van der Waals surface area contributed by atoms with Gasteiger partial charge in [-0.25, -0.2) is 13.6 Å². The van der Waals surface area contributed by atoms with Crippen LogP contribution in [0.1, 0.15) is 0 Å². The molecule has 2 aromatic carbocycles. The van der Waals surface area contributed by atoms with Crippen molar-refractivity contribution in [1.82, 2.24) is 0 Å². The second-order valence-electron chi connectivity index (χ2n) is 4.16. The maximum Gasteiger partial charge on any atom is 0.238 e. The van der Waals surface area contributed by atoms with E-state index in [0.717, 1.165) is 10.2 Å². The highest BCUT2D eigenvalue weighted by atomic mass is 79.9. The zero-order chi connectivity index (χ0) is 15.5. The number of hydrogen-bond donors (Lipinski definition) is 3. The molecule has 0 fully saturated rings. The second-order valence-corrected chi connectivity index (χ2v) is 7.04. The summed E-state index contributed by atoms with van der Waals surface area (Å²) in [5.41, 5.74) is 1.50. The first kappa shape index (κ1) is 15.9. The largest absolute Gasteiger partial charge is 0.332 e. The first-order chi connectivity index (χ1) is 9.84. The molecule has 0 aromatic heterocycles. The Morgan fingerprint density at radius 1 is 1.05 bits per heavy atom. The highest BCUT2D eigenvalue weighted by Crippen LogP contribution is 2.17. The first-order valence-corrected chi connectivity index (χ1v) is 8.56. The molecular weight excluding hydrogens is 374 g/mol. The molecule has 0 unspecified atom stereocenters. The van der Waals surface area contributed by atoms with E-state index in [1.807, 2.05) is 24.3 Å². The molecule has 5 nitrogen and oxygen atoms in total. The third kappa shape index (κ3) is 4.78. The molecule has 0 saturated carbocycles. The predicted octanol–water partition coefficient (Wildman–Crippen LogP) is 2.91. The van der Waals surface area contributed by atoms with Crippen LogP contribution in [0.15, 0.2) is 57.9 Å². The molecule has 0 spiro atoms. The average Bonchev–Trinajstić information content (AvgIpc) is 2.38. The van der Waals surface area contributed by atoms with Crippen LogP contribution in [-0.2, 0) is 10.0 Å². The summed E-state index contributed by atoms with van der Waals surface area (Å²) in [7, 11) is -3.68. The van der Waals surface area contributed by atoms with E-state index in [9.17, 15) is 8.42 Å². The number of hydrogen-bond acceptors (Lipinski definition) is 3. The Bertz CT molecular complexity index is 761. The van der Waals surface area contributed by atoms with Crippen LogP contribution in [0.25, 0.3) is 0 Å². The molecule has 8 heteroatoms. The standard InChI is InChI=1S/C13H12BrN3O2S2/c14-9-2-1-3-11(8-9)17-13(20)16-10-4-6-12(7-5-10)21(15,18)19/h1-8H,(H2,15,18,19)(H2,16,17,20). The van der Waals surface area contributed by atoms with Gasteiger partial charge in [0.1, 0.15) is 0 Å². The van der Waals surface area contributed by atoms with Crippen molar-refractivity contribution in [3.05, 3.63) is 53.0 Å². The number of nitrogens with one attached hydrogen (secondary N) is 2. The van der Waals surface area contributed by atoms with E-state index in [1.54, 1.807) is 12.1 Å². The predicted molar refractivity (Wildman–Crippen MR) is 91.8 cm³/mol. The van der Waals surface area contributed by atoms with Gasteiger partial charge < -0.3 is 10.6 Å². The zero-order valence-corrected chi connectivity index (χ0v) is 13.9. The Labute approximate surface area is 136 Å². The lowest BCUT2D eigenvalue weighted by Crippen LogP contribution is -2.19. The zero-order valence-electron chi connectivity index (χ0n) is 10.7.